The van der Waals surface area contributed by atoms with E-state index in [0.717, 1.165) is 6.42 Å². The zero-order valence-corrected chi connectivity index (χ0v) is 13.5. The number of benzene rings is 1. The van der Waals surface area contributed by atoms with Crippen LogP contribution in [0.1, 0.15) is 61.4 Å². The van der Waals surface area contributed by atoms with Crippen LogP contribution in [0.3, 0.4) is 0 Å². The minimum Gasteiger partial charge on any atom is -0.351 e. The molecule has 126 valence electrons. The molecular weight excluding hydrogens is 296 g/mol. The van der Waals surface area contributed by atoms with Crippen LogP contribution in [0.2, 0.25) is 0 Å². The van der Waals surface area contributed by atoms with Crippen molar-refractivity contribution in [1.82, 2.24) is 5.32 Å². The van der Waals surface area contributed by atoms with Gasteiger partial charge < -0.3 is 10.2 Å². The highest BCUT2D eigenvalue weighted by molar-refractivity contribution is 5.94. The lowest BCUT2D eigenvalue weighted by atomic mass is 9.72. The zero-order chi connectivity index (χ0) is 16.7. The summed E-state index contributed by atoms with van der Waals surface area (Å²) in [5.74, 6) is -0.0925. The summed E-state index contributed by atoms with van der Waals surface area (Å²) < 4.78 is 0. The Hall–Kier alpha value is -2.11. The monoisotopic (exact) mass is 320 g/mol. The van der Waals surface area contributed by atoms with Gasteiger partial charge in [0, 0.05) is 12.1 Å². The molecule has 1 fully saturated rings. The van der Waals surface area contributed by atoms with Gasteiger partial charge in [0.2, 0.25) is 0 Å². The zero-order valence-electron chi connectivity index (χ0n) is 13.5. The predicted octanol–water partition coefficient (Wildman–Crippen LogP) is 3.49. The van der Waals surface area contributed by atoms with Gasteiger partial charge in [0.1, 0.15) is 6.61 Å². The van der Waals surface area contributed by atoms with Gasteiger partial charge in [-0.15, -0.1) is 10.1 Å². The number of amides is 1. The van der Waals surface area contributed by atoms with Crippen LogP contribution in [0.5, 0.6) is 0 Å². The van der Waals surface area contributed by atoms with E-state index in [4.69, 9.17) is 0 Å². The van der Waals surface area contributed by atoms with Gasteiger partial charge in [0.15, 0.2) is 0 Å². The van der Waals surface area contributed by atoms with E-state index in [1.165, 1.54) is 32.1 Å². The van der Waals surface area contributed by atoms with E-state index in [0.29, 0.717) is 17.7 Å². The number of hydrogen-bond acceptors (Lipinski definition) is 4. The number of nitrogens with one attached hydrogen (secondary N) is 1. The molecule has 0 atom stereocenters. The van der Waals surface area contributed by atoms with Crippen molar-refractivity contribution in [2.45, 2.75) is 52.1 Å². The fourth-order valence-electron chi connectivity index (χ4n) is 3.21. The molecule has 1 aliphatic rings. The Morgan fingerprint density at radius 1 is 1.26 bits per heavy atom. The van der Waals surface area contributed by atoms with Crippen molar-refractivity contribution < 1.29 is 14.7 Å². The van der Waals surface area contributed by atoms with Gasteiger partial charge in [0.05, 0.1) is 0 Å². The first-order valence-corrected chi connectivity index (χ1v) is 8.19. The Morgan fingerprint density at radius 3 is 2.48 bits per heavy atom. The highest BCUT2D eigenvalue weighted by Crippen LogP contribution is 2.38. The van der Waals surface area contributed by atoms with E-state index in [-0.39, 0.29) is 17.9 Å². The highest BCUT2D eigenvalue weighted by Gasteiger charge is 2.30. The molecule has 0 heterocycles. The molecule has 0 aliphatic heterocycles. The Balaban J connectivity index is 1.88. The molecule has 0 spiro atoms. The van der Waals surface area contributed by atoms with Crippen molar-refractivity contribution in [3.63, 3.8) is 0 Å². The van der Waals surface area contributed by atoms with Crippen LogP contribution in [-0.2, 0) is 11.4 Å². The van der Waals surface area contributed by atoms with Gasteiger partial charge in [0.25, 0.3) is 11.0 Å². The molecule has 1 saturated carbocycles. The fraction of sp³-hybridized carbons (Fsp3) is 0.588. The molecule has 2 rings (SSSR count). The SMILES string of the molecule is CCC1(CNC(=O)c2ccc(CO[N+](=O)[O-])cc2)CCCCC1. The molecule has 1 amide bonds. The molecule has 6 nitrogen and oxygen atoms in total. The van der Waals surface area contributed by atoms with E-state index in [2.05, 4.69) is 17.1 Å². The lowest BCUT2D eigenvalue weighted by Gasteiger charge is -2.36. The minimum atomic E-state index is -0.824. The third-order valence-electron chi connectivity index (χ3n) is 4.84. The summed E-state index contributed by atoms with van der Waals surface area (Å²) in [6, 6.07) is 6.70. The quantitative estimate of drug-likeness (QED) is 0.616. The molecule has 0 aromatic heterocycles. The maximum atomic E-state index is 12.3. The van der Waals surface area contributed by atoms with Crippen LogP contribution in [0.15, 0.2) is 24.3 Å². The average Bonchev–Trinajstić information content (AvgIpc) is 2.59. The third kappa shape index (κ3) is 4.94. The van der Waals surface area contributed by atoms with Crippen LogP contribution in [0, 0.1) is 15.5 Å². The van der Waals surface area contributed by atoms with E-state index < -0.39 is 5.09 Å². The summed E-state index contributed by atoms with van der Waals surface area (Å²) in [5, 5.41) is 12.4. The van der Waals surface area contributed by atoms with Gasteiger partial charge in [-0.05, 0) is 42.4 Å². The number of nitrogens with zero attached hydrogens (tertiary/aromatic N) is 1. The second kappa shape index (κ2) is 7.94. The lowest BCUT2D eigenvalue weighted by Crippen LogP contribution is -2.38. The van der Waals surface area contributed by atoms with Gasteiger partial charge in [-0.25, -0.2) is 0 Å². The largest absolute Gasteiger partial charge is 0.351 e. The normalized spacial score (nSPS) is 16.6. The maximum Gasteiger partial charge on any atom is 0.294 e. The van der Waals surface area contributed by atoms with Gasteiger partial charge in [-0.3, -0.25) is 4.79 Å². The van der Waals surface area contributed by atoms with Crippen molar-refractivity contribution in [1.29, 1.82) is 0 Å². The molecule has 0 unspecified atom stereocenters. The van der Waals surface area contributed by atoms with Crippen molar-refractivity contribution in [2.24, 2.45) is 5.41 Å². The Bertz CT molecular complexity index is 536. The predicted molar refractivity (Wildman–Crippen MR) is 86.4 cm³/mol. The smallest absolute Gasteiger partial charge is 0.294 e. The summed E-state index contributed by atoms with van der Waals surface area (Å²) in [6.45, 7) is 2.81. The first kappa shape index (κ1) is 17.2. The second-order valence-corrected chi connectivity index (χ2v) is 6.29. The van der Waals surface area contributed by atoms with E-state index in [1.54, 1.807) is 24.3 Å². The molecule has 0 radical (unpaired) electrons. The number of rotatable bonds is 7. The van der Waals surface area contributed by atoms with E-state index in [1.807, 2.05) is 0 Å². The third-order valence-corrected chi connectivity index (χ3v) is 4.84. The Kier molecular flexibility index (Phi) is 5.96. The highest BCUT2D eigenvalue weighted by atomic mass is 16.9. The lowest BCUT2D eigenvalue weighted by molar-refractivity contribution is -0.763. The number of carbonyl (C=O) groups is 1. The van der Waals surface area contributed by atoms with E-state index >= 15 is 0 Å². The number of carbonyl (C=O) groups excluding carboxylic acids is 1. The number of hydrogen-bond donors (Lipinski definition) is 1. The second-order valence-electron chi connectivity index (χ2n) is 6.29. The maximum absolute atomic E-state index is 12.3. The first-order valence-electron chi connectivity index (χ1n) is 8.19. The summed E-state index contributed by atoms with van der Waals surface area (Å²) in [7, 11) is 0. The minimum absolute atomic E-state index is 0.0925. The Morgan fingerprint density at radius 2 is 1.91 bits per heavy atom. The summed E-state index contributed by atoms with van der Waals surface area (Å²) >= 11 is 0. The molecule has 6 heteroatoms. The standard InChI is InChI=1S/C17H24N2O4/c1-2-17(10-4-3-5-11-17)13-18-16(20)15-8-6-14(7-9-15)12-23-19(21)22/h6-9H,2-5,10-13H2,1H3,(H,18,20). The molecule has 0 saturated heterocycles. The summed E-state index contributed by atoms with van der Waals surface area (Å²) in [6.07, 6.45) is 7.24. The molecule has 1 aromatic carbocycles. The summed E-state index contributed by atoms with van der Waals surface area (Å²) in [4.78, 5) is 26.7. The molecule has 1 N–H and O–H groups in total. The molecule has 0 bridgehead atoms. The molecule has 1 aromatic rings. The molecular formula is C17H24N2O4. The van der Waals surface area contributed by atoms with Crippen LogP contribution in [0.4, 0.5) is 0 Å². The van der Waals surface area contributed by atoms with Crippen molar-refractivity contribution in [2.75, 3.05) is 6.54 Å². The molecule has 23 heavy (non-hydrogen) atoms. The summed E-state index contributed by atoms with van der Waals surface area (Å²) in [5.41, 5.74) is 1.47. The van der Waals surface area contributed by atoms with Crippen LogP contribution < -0.4 is 5.32 Å². The van der Waals surface area contributed by atoms with Crippen molar-refractivity contribution >= 4 is 5.91 Å². The van der Waals surface area contributed by atoms with Gasteiger partial charge in [-0.1, -0.05) is 38.3 Å². The van der Waals surface area contributed by atoms with E-state index in [9.17, 15) is 14.9 Å². The van der Waals surface area contributed by atoms with Crippen LogP contribution in [0.25, 0.3) is 0 Å². The van der Waals surface area contributed by atoms with Crippen LogP contribution in [-0.4, -0.2) is 17.5 Å². The van der Waals surface area contributed by atoms with Gasteiger partial charge >= 0.3 is 0 Å². The average molecular weight is 320 g/mol. The van der Waals surface area contributed by atoms with Gasteiger partial charge in [-0.2, -0.15) is 0 Å². The van der Waals surface area contributed by atoms with Crippen LogP contribution >= 0.6 is 0 Å². The van der Waals surface area contributed by atoms with Crippen molar-refractivity contribution in [3.05, 3.63) is 45.5 Å². The molecule has 1 aliphatic carbocycles. The van der Waals surface area contributed by atoms with Crippen molar-refractivity contribution in [3.8, 4) is 0 Å². The fourth-order valence-corrected chi connectivity index (χ4v) is 3.21. The topological polar surface area (TPSA) is 81.5 Å². The Labute approximate surface area is 136 Å². The first-order chi connectivity index (χ1) is 11.0.